The van der Waals surface area contributed by atoms with Crippen LogP contribution in [0.3, 0.4) is 0 Å². The lowest BCUT2D eigenvalue weighted by atomic mass is 10.3. The van der Waals surface area contributed by atoms with Crippen LogP contribution in [0.15, 0.2) is 53.4 Å². The van der Waals surface area contributed by atoms with Gasteiger partial charge in [-0.15, -0.1) is 0 Å². The van der Waals surface area contributed by atoms with Gasteiger partial charge in [0.05, 0.1) is 24.9 Å². The van der Waals surface area contributed by atoms with Gasteiger partial charge in [-0.2, -0.15) is 0 Å². The summed E-state index contributed by atoms with van der Waals surface area (Å²) in [6.45, 7) is 0.402. The average Bonchev–Trinajstić information content (AvgIpc) is 3.04. The Kier molecular flexibility index (Phi) is 3.02. The summed E-state index contributed by atoms with van der Waals surface area (Å²) in [5, 5.41) is 2.80. The molecule has 5 heteroatoms. The number of hydrogen-bond donors (Lipinski definition) is 1. The number of nitrogens with zero attached hydrogens (tertiary/aromatic N) is 2. The van der Waals surface area contributed by atoms with Crippen LogP contribution < -0.4 is 5.32 Å². The second-order valence-electron chi connectivity index (χ2n) is 4.23. The number of fused-ring (bicyclic) bond motifs is 1. The number of hydrogen-bond acceptors (Lipinski definition) is 3. The van der Waals surface area contributed by atoms with Gasteiger partial charge in [-0.05, 0) is 24.3 Å². The zero-order valence-corrected chi connectivity index (χ0v) is 10.2. The maximum absolute atomic E-state index is 11.8. The Balaban J connectivity index is 1.62. The van der Waals surface area contributed by atoms with Gasteiger partial charge < -0.3 is 14.1 Å². The molecule has 19 heavy (non-hydrogen) atoms. The molecule has 0 saturated heterocycles. The zero-order valence-electron chi connectivity index (χ0n) is 10.2. The fraction of sp³-hybridized carbons (Fsp3) is 0.143. The molecule has 3 aromatic heterocycles. The number of carbonyl (C=O) groups excluding carboxylic acids is 1. The van der Waals surface area contributed by atoms with Gasteiger partial charge >= 0.3 is 0 Å². The summed E-state index contributed by atoms with van der Waals surface area (Å²) in [6.07, 6.45) is 5.63. The van der Waals surface area contributed by atoms with Crippen molar-refractivity contribution in [3.8, 4) is 0 Å². The molecule has 0 fully saturated rings. The number of nitrogens with one attached hydrogen (secondary N) is 1. The first-order valence-electron chi connectivity index (χ1n) is 6.03. The molecule has 3 heterocycles. The molecule has 0 saturated carbocycles. The first kappa shape index (κ1) is 11.5. The molecule has 96 valence electrons. The lowest BCUT2D eigenvalue weighted by Crippen LogP contribution is -2.24. The molecule has 0 aromatic carbocycles. The van der Waals surface area contributed by atoms with Crippen molar-refractivity contribution in [2.45, 2.75) is 13.0 Å². The Labute approximate surface area is 109 Å². The minimum Gasteiger partial charge on any atom is -0.467 e. The van der Waals surface area contributed by atoms with Crippen molar-refractivity contribution in [2.75, 3.05) is 0 Å². The minimum absolute atomic E-state index is 0.0696. The van der Waals surface area contributed by atoms with Gasteiger partial charge in [0, 0.05) is 12.4 Å². The summed E-state index contributed by atoms with van der Waals surface area (Å²) in [4.78, 5) is 16.2. The Morgan fingerprint density at radius 2 is 2.26 bits per heavy atom. The molecule has 0 aliphatic heterocycles. The number of carbonyl (C=O) groups is 1. The summed E-state index contributed by atoms with van der Waals surface area (Å²) in [5.41, 5.74) is 1.60. The first-order valence-corrected chi connectivity index (χ1v) is 6.03. The predicted molar refractivity (Wildman–Crippen MR) is 69.5 cm³/mol. The molecule has 5 nitrogen and oxygen atoms in total. The van der Waals surface area contributed by atoms with E-state index in [1.807, 2.05) is 41.1 Å². The van der Waals surface area contributed by atoms with Crippen LogP contribution in [0.4, 0.5) is 0 Å². The largest absolute Gasteiger partial charge is 0.467 e. The number of rotatable bonds is 4. The van der Waals surface area contributed by atoms with Crippen molar-refractivity contribution in [3.05, 3.63) is 60.4 Å². The topological polar surface area (TPSA) is 59.5 Å². The number of imidazole rings is 1. The van der Waals surface area contributed by atoms with E-state index in [0.29, 0.717) is 6.54 Å². The third kappa shape index (κ3) is 2.65. The van der Waals surface area contributed by atoms with Crippen molar-refractivity contribution in [3.63, 3.8) is 0 Å². The summed E-state index contributed by atoms with van der Waals surface area (Å²) in [7, 11) is 0. The summed E-state index contributed by atoms with van der Waals surface area (Å²) in [6, 6.07) is 9.37. The summed E-state index contributed by atoms with van der Waals surface area (Å²) < 4.78 is 7.05. The highest BCUT2D eigenvalue weighted by atomic mass is 16.3. The molecule has 1 amide bonds. The van der Waals surface area contributed by atoms with E-state index in [0.717, 1.165) is 17.1 Å². The molecule has 0 spiro atoms. The van der Waals surface area contributed by atoms with E-state index in [4.69, 9.17) is 4.42 Å². The van der Waals surface area contributed by atoms with Gasteiger partial charge in [0.1, 0.15) is 11.4 Å². The Hall–Kier alpha value is -2.56. The molecular weight excluding hydrogens is 242 g/mol. The van der Waals surface area contributed by atoms with Gasteiger partial charge in [-0.1, -0.05) is 6.07 Å². The van der Waals surface area contributed by atoms with Crippen LogP contribution in [-0.4, -0.2) is 15.3 Å². The lowest BCUT2D eigenvalue weighted by molar-refractivity contribution is -0.120. The van der Waals surface area contributed by atoms with Crippen LogP contribution in [0, 0.1) is 0 Å². The summed E-state index contributed by atoms with van der Waals surface area (Å²) >= 11 is 0. The number of amides is 1. The van der Waals surface area contributed by atoms with Crippen LogP contribution in [0.5, 0.6) is 0 Å². The fourth-order valence-corrected chi connectivity index (χ4v) is 1.90. The van der Waals surface area contributed by atoms with Crippen molar-refractivity contribution in [1.82, 2.24) is 14.7 Å². The monoisotopic (exact) mass is 255 g/mol. The lowest BCUT2D eigenvalue weighted by Gasteiger charge is -2.00. The van der Waals surface area contributed by atoms with E-state index in [2.05, 4.69) is 10.3 Å². The van der Waals surface area contributed by atoms with Gasteiger partial charge in [0.25, 0.3) is 0 Å². The molecule has 0 unspecified atom stereocenters. The quantitative estimate of drug-likeness (QED) is 0.773. The normalized spacial score (nSPS) is 10.7. The van der Waals surface area contributed by atoms with Gasteiger partial charge in [-0.3, -0.25) is 4.79 Å². The third-order valence-electron chi connectivity index (χ3n) is 2.80. The molecule has 3 aromatic rings. The number of pyridine rings is 1. The molecule has 0 aliphatic carbocycles. The highest BCUT2D eigenvalue weighted by Crippen LogP contribution is 2.05. The fourth-order valence-electron chi connectivity index (χ4n) is 1.90. The molecule has 3 rings (SSSR count). The van der Waals surface area contributed by atoms with Crippen LogP contribution in [0.2, 0.25) is 0 Å². The van der Waals surface area contributed by atoms with Gasteiger partial charge in [0.2, 0.25) is 5.91 Å². The average molecular weight is 255 g/mol. The van der Waals surface area contributed by atoms with Crippen molar-refractivity contribution >= 4 is 11.6 Å². The van der Waals surface area contributed by atoms with Gasteiger partial charge in [-0.25, -0.2) is 4.98 Å². The van der Waals surface area contributed by atoms with Gasteiger partial charge in [0.15, 0.2) is 0 Å². The maximum atomic E-state index is 11.8. The smallest absolute Gasteiger partial charge is 0.226 e. The van der Waals surface area contributed by atoms with E-state index in [1.165, 1.54) is 0 Å². The maximum Gasteiger partial charge on any atom is 0.226 e. The molecule has 0 radical (unpaired) electrons. The Morgan fingerprint density at radius 1 is 1.32 bits per heavy atom. The van der Waals surface area contributed by atoms with Crippen LogP contribution in [0.25, 0.3) is 5.65 Å². The van der Waals surface area contributed by atoms with E-state index in [9.17, 15) is 4.79 Å². The highest BCUT2D eigenvalue weighted by molar-refractivity contribution is 5.78. The van der Waals surface area contributed by atoms with E-state index in [-0.39, 0.29) is 12.3 Å². The second kappa shape index (κ2) is 4.97. The van der Waals surface area contributed by atoms with Crippen molar-refractivity contribution in [1.29, 1.82) is 0 Å². The standard InChI is InChI=1S/C14H13N3O2/c18-14(15-9-12-4-3-7-19-12)8-11-10-17-6-2-1-5-13(17)16-11/h1-7,10H,8-9H2,(H,15,18). The van der Waals surface area contributed by atoms with E-state index >= 15 is 0 Å². The van der Waals surface area contributed by atoms with Crippen LogP contribution >= 0.6 is 0 Å². The molecular formula is C14H13N3O2. The van der Waals surface area contributed by atoms with E-state index in [1.54, 1.807) is 12.3 Å². The zero-order chi connectivity index (χ0) is 13.1. The van der Waals surface area contributed by atoms with E-state index < -0.39 is 0 Å². The van der Waals surface area contributed by atoms with Crippen LogP contribution in [0.1, 0.15) is 11.5 Å². The highest BCUT2D eigenvalue weighted by Gasteiger charge is 2.07. The Morgan fingerprint density at radius 3 is 3.05 bits per heavy atom. The number of furan rings is 1. The predicted octanol–water partition coefficient (Wildman–Crippen LogP) is 1.79. The van der Waals surface area contributed by atoms with Crippen molar-refractivity contribution < 1.29 is 9.21 Å². The number of aromatic nitrogens is 2. The third-order valence-corrected chi connectivity index (χ3v) is 2.80. The Bertz CT molecular complexity index is 653. The van der Waals surface area contributed by atoms with Crippen LogP contribution in [-0.2, 0) is 17.8 Å². The molecule has 0 aliphatic rings. The second-order valence-corrected chi connectivity index (χ2v) is 4.23. The molecule has 1 N–H and O–H groups in total. The minimum atomic E-state index is -0.0696. The SMILES string of the molecule is O=C(Cc1cn2ccccc2n1)NCc1ccco1. The molecule has 0 atom stereocenters. The molecule has 0 bridgehead atoms. The van der Waals surface area contributed by atoms with Crippen molar-refractivity contribution in [2.24, 2.45) is 0 Å². The summed E-state index contributed by atoms with van der Waals surface area (Å²) in [5.74, 6) is 0.670. The first-order chi connectivity index (χ1) is 9.31.